The Morgan fingerprint density at radius 3 is 2.47 bits per heavy atom. The molecule has 3 heteroatoms. The molecule has 0 saturated carbocycles. The van der Waals surface area contributed by atoms with Gasteiger partial charge >= 0.3 is 0 Å². The molecule has 0 spiro atoms. The molecule has 19 heavy (non-hydrogen) atoms. The summed E-state index contributed by atoms with van der Waals surface area (Å²) >= 11 is 0. The molecule has 1 atom stereocenters. The van der Waals surface area contributed by atoms with E-state index in [0.717, 1.165) is 37.6 Å². The van der Waals surface area contributed by atoms with Gasteiger partial charge in [0.25, 0.3) is 0 Å². The van der Waals surface area contributed by atoms with Gasteiger partial charge in [0, 0.05) is 31.9 Å². The van der Waals surface area contributed by atoms with E-state index in [4.69, 9.17) is 0 Å². The van der Waals surface area contributed by atoms with Crippen molar-refractivity contribution in [3.05, 3.63) is 24.0 Å². The molecule has 1 unspecified atom stereocenters. The van der Waals surface area contributed by atoms with Crippen LogP contribution in [-0.2, 0) is 0 Å². The fourth-order valence-corrected chi connectivity index (χ4v) is 3.33. The average Bonchev–Trinajstić information content (AvgIpc) is 2.92. The van der Waals surface area contributed by atoms with Gasteiger partial charge in [0.2, 0.25) is 0 Å². The Labute approximate surface area is 115 Å². The zero-order valence-corrected chi connectivity index (χ0v) is 11.7. The molecule has 2 nitrogen and oxygen atoms in total. The Kier molecular flexibility index (Phi) is 3.63. The zero-order valence-electron chi connectivity index (χ0n) is 11.7. The number of hydrogen-bond donors (Lipinski definition) is 0. The van der Waals surface area contributed by atoms with Gasteiger partial charge in [-0.3, -0.25) is 0 Å². The van der Waals surface area contributed by atoms with E-state index in [9.17, 15) is 4.39 Å². The average molecular weight is 262 g/mol. The van der Waals surface area contributed by atoms with Crippen LogP contribution in [0.15, 0.2) is 18.2 Å². The SMILES string of the molecule is CC1CCCN(c2ccc(N3CCCC3)cc2F)C1. The second kappa shape index (κ2) is 5.40. The quantitative estimate of drug-likeness (QED) is 0.802. The van der Waals surface area contributed by atoms with Crippen molar-refractivity contribution in [2.75, 3.05) is 36.0 Å². The van der Waals surface area contributed by atoms with Crippen LogP contribution >= 0.6 is 0 Å². The van der Waals surface area contributed by atoms with Crippen LogP contribution in [0.3, 0.4) is 0 Å². The molecule has 2 fully saturated rings. The summed E-state index contributed by atoms with van der Waals surface area (Å²) in [7, 11) is 0. The molecule has 0 amide bonds. The van der Waals surface area contributed by atoms with Crippen LogP contribution in [0, 0.1) is 11.7 Å². The van der Waals surface area contributed by atoms with Gasteiger partial charge in [-0.1, -0.05) is 6.92 Å². The second-order valence-electron chi connectivity index (χ2n) is 6.02. The van der Waals surface area contributed by atoms with Crippen LogP contribution in [0.2, 0.25) is 0 Å². The number of hydrogen-bond acceptors (Lipinski definition) is 2. The maximum Gasteiger partial charge on any atom is 0.148 e. The monoisotopic (exact) mass is 262 g/mol. The standard InChI is InChI=1S/C16H23FN2/c1-13-5-4-10-19(12-13)16-7-6-14(11-15(16)17)18-8-2-3-9-18/h6-7,11,13H,2-5,8-10,12H2,1H3. The molecule has 0 aliphatic carbocycles. The van der Waals surface area contributed by atoms with Crippen LogP contribution in [0.1, 0.15) is 32.6 Å². The van der Waals surface area contributed by atoms with Gasteiger partial charge in [-0.2, -0.15) is 0 Å². The second-order valence-corrected chi connectivity index (χ2v) is 6.02. The molecule has 0 radical (unpaired) electrons. The predicted molar refractivity (Wildman–Crippen MR) is 78.5 cm³/mol. The van der Waals surface area contributed by atoms with E-state index in [2.05, 4.69) is 22.8 Å². The largest absolute Gasteiger partial charge is 0.371 e. The number of piperidine rings is 1. The molecule has 2 saturated heterocycles. The first-order valence-electron chi connectivity index (χ1n) is 7.53. The van der Waals surface area contributed by atoms with Crippen LogP contribution in [0.4, 0.5) is 15.8 Å². The third kappa shape index (κ3) is 2.70. The van der Waals surface area contributed by atoms with E-state index in [-0.39, 0.29) is 5.82 Å². The summed E-state index contributed by atoms with van der Waals surface area (Å²) in [4.78, 5) is 4.49. The zero-order chi connectivity index (χ0) is 13.2. The molecule has 2 aliphatic rings. The molecule has 1 aromatic carbocycles. The summed E-state index contributed by atoms with van der Waals surface area (Å²) in [6.07, 6.45) is 4.90. The van der Waals surface area contributed by atoms with E-state index >= 15 is 0 Å². The topological polar surface area (TPSA) is 6.48 Å². The molecule has 0 N–H and O–H groups in total. The minimum Gasteiger partial charge on any atom is -0.371 e. The van der Waals surface area contributed by atoms with Crippen molar-refractivity contribution in [3.8, 4) is 0 Å². The van der Waals surface area contributed by atoms with E-state index in [0.29, 0.717) is 5.92 Å². The number of nitrogens with zero attached hydrogens (tertiary/aromatic N) is 2. The third-order valence-corrected chi connectivity index (χ3v) is 4.40. The lowest BCUT2D eigenvalue weighted by atomic mass is 9.99. The lowest BCUT2D eigenvalue weighted by Crippen LogP contribution is -2.34. The van der Waals surface area contributed by atoms with Crippen molar-refractivity contribution in [2.24, 2.45) is 5.92 Å². The minimum absolute atomic E-state index is 0.0569. The molecular formula is C16H23FN2. The van der Waals surface area contributed by atoms with Crippen LogP contribution in [-0.4, -0.2) is 26.2 Å². The predicted octanol–water partition coefficient (Wildman–Crippen LogP) is 3.66. The van der Waals surface area contributed by atoms with E-state index in [1.54, 1.807) is 6.07 Å². The number of anilines is 2. The number of benzene rings is 1. The molecule has 0 bridgehead atoms. The maximum absolute atomic E-state index is 14.3. The highest BCUT2D eigenvalue weighted by atomic mass is 19.1. The normalized spacial score (nSPS) is 24.0. The summed E-state index contributed by atoms with van der Waals surface area (Å²) in [6, 6.07) is 5.78. The molecule has 2 heterocycles. The van der Waals surface area contributed by atoms with Gasteiger partial charge in [0.05, 0.1) is 5.69 Å². The van der Waals surface area contributed by atoms with Gasteiger partial charge < -0.3 is 9.80 Å². The van der Waals surface area contributed by atoms with Crippen LogP contribution in [0.5, 0.6) is 0 Å². The Balaban J connectivity index is 1.79. The Hall–Kier alpha value is -1.25. The van der Waals surface area contributed by atoms with Crippen molar-refractivity contribution in [1.29, 1.82) is 0 Å². The van der Waals surface area contributed by atoms with Crippen molar-refractivity contribution < 1.29 is 4.39 Å². The fourth-order valence-electron chi connectivity index (χ4n) is 3.33. The Morgan fingerprint density at radius 1 is 1.05 bits per heavy atom. The summed E-state index contributed by atoms with van der Waals surface area (Å²) < 4.78 is 14.3. The van der Waals surface area contributed by atoms with Crippen LogP contribution < -0.4 is 9.80 Å². The number of halogens is 1. The summed E-state index contributed by atoms with van der Waals surface area (Å²) in [5, 5.41) is 0. The maximum atomic E-state index is 14.3. The lowest BCUT2D eigenvalue weighted by molar-refractivity contribution is 0.442. The fraction of sp³-hybridized carbons (Fsp3) is 0.625. The van der Waals surface area contributed by atoms with Gasteiger partial charge in [0.15, 0.2) is 0 Å². The van der Waals surface area contributed by atoms with Gasteiger partial charge in [-0.25, -0.2) is 4.39 Å². The van der Waals surface area contributed by atoms with Gasteiger partial charge in [-0.05, 0) is 49.8 Å². The summed E-state index contributed by atoms with van der Waals surface area (Å²) in [5.74, 6) is 0.616. The summed E-state index contributed by atoms with van der Waals surface area (Å²) in [6.45, 7) is 6.37. The van der Waals surface area contributed by atoms with Gasteiger partial charge in [0.1, 0.15) is 5.82 Å². The van der Waals surface area contributed by atoms with Crippen LogP contribution in [0.25, 0.3) is 0 Å². The minimum atomic E-state index is -0.0569. The third-order valence-electron chi connectivity index (χ3n) is 4.40. The first-order chi connectivity index (χ1) is 9.24. The molecule has 2 aliphatic heterocycles. The molecule has 1 aromatic rings. The molecular weight excluding hydrogens is 239 g/mol. The van der Waals surface area contributed by atoms with Gasteiger partial charge in [-0.15, -0.1) is 0 Å². The molecule has 3 rings (SSSR count). The smallest absolute Gasteiger partial charge is 0.148 e. The van der Waals surface area contributed by atoms with Crippen molar-refractivity contribution >= 4 is 11.4 Å². The van der Waals surface area contributed by atoms with Crippen molar-refractivity contribution in [1.82, 2.24) is 0 Å². The lowest BCUT2D eigenvalue weighted by Gasteiger charge is -2.33. The van der Waals surface area contributed by atoms with Crippen molar-refractivity contribution in [2.45, 2.75) is 32.6 Å². The Bertz CT molecular complexity index is 440. The van der Waals surface area contributed by atoms with E-state index < -0.39 is 0 Å². The highest BCUT2D eigenvalue weighted by Gasteiger charge is 2.20. The highest BCUT2D eigenvalue weighted by molar-refractivity contribution is 5.58. The molecule has 104 valence electrons. The van der Waals surface area contributed by atoms with E-state index in [1.807, 2.05) is 6.07 Å². The van der Waals surface area contributed by atoms with Crippen molar-refractivity contribution in [3.63, 3.8) is 0 Å². The first kappa shape index (κ1) is 12.8. The molecule has 0 aromatic heterocycles. The Morgan fingerprint density at radius 2 is 1.79 bits per heavy atom. The first-order valence-corrected chi connectivity index (χ1v) is 7.53. The summed E-state index contributed by atoms with van der Waals surface area (Å²) in [5.41, 5.74) is 1.83. The van der Waals surface area contributed by atoms with E-state index in [1.165, 1.54) is 25.7 Å². The highest BCUT2D eigenvalue weighted by Crippen LogP contribution is 2.29. The number of rotatable bonds is 2.